The molecule has 0 saturated heterocycles. The lowest BCUT2D eigenvalue weighted by Gasteiger charge is -2.17. The lowest BCUT2D eigenvalue weighted by molar-refractivity contribution is 0.126. The summed E-state index contributed by atoms with van der Waals surface area (Å²) in [5.41, 5.74) is -0.0102. The van der Waals surface area contributed by atoms with Crippen molar-refractivity contribution in [1.29, 1.82) is 0 Å². The van der Waals surface area contributed by atoms with Crippen molar-refractivity contribution in [2.24, 2.45) is 5.41 Å². The molecule has 0 aromatic heterocycles. The minimum absolute atomic E-state index is 0.0102. The molecule has 4 heteroatoms. The molecule has 0 bridgehead atoms. The van der Waals surface area contributed by atoms with Crippen molar-refractivity contribution in [3.8, 4) is 0 Å². The minimum atomic E-state index is -1.63. The van der Waals surface area contributed by atoms with E-state index < -0.39 is 7.32 Å². The van der Waals surface area contributed by atoms with Crippen LogP contribution in [-0.4, -0.2) is 24.0 Å². The van der Waals surface area contributed by atoms with Gasteiger partial charge in [0.15, 0.2) is 0 Å². The van der Waals surface area contributed by atoms with E-state index in [1.807, 2.05) is 20.8 Å². The minimum Gasteiger partial charge on any atom is -0.402 e. The molecule has 0 fully saturated rings. The summed E-state index contributed by atoms with van der Waals surface area (Å²) in [4.78, 5) is 0. The van der Waals surface area contributed by atoms with E-state index in [4.69, 9.17) is 10.0 Å². The maximum atomic E-state index is 8.25. The van der Waals surface area contributed by atoms with Crippen molar-refractivity contribution in [2.75, 3.05) is 6.61 Å². The van der Waals surface area contributed by atoms with Gasteiger partial charge in [0.2, 0.25) is 0 Å². The second-order valence-electron chi connectivity index (χ2n) is 3.20. The normalized spacial score (nSPS) is 11.7. The van der Waals surface area contributed by atoms with Gasteiger partial charge in [-0.05, 0) is 5.41 Å². The van der Waals surface area contributed by atoms with Gasteiger partial charge in [0, 0.05) is 6.61 Å². The van der Waals surface area contributed by atoms with Crippen molar-refractivity contribution >= 4 is 7.32 Å². The standard InChI is InChI=1S/C5H13BO3/c1-5(2,3)4-9-6(7)8/h7-8H,4H2,1-3H3. The van der Waals surface area contributed by atoms with Crippen LogP contribution in [0.1, 0.15) is 20.8 Å². The van der Waals surface area contributed by atoms with Gasteiger partial charge in [-0.15, -0.1) is 0 Å². The highest BCUT2D eigenvalue weighted by Crippen LogP contribution is 2.12. The molecule has 0 radical (unpaired) electrons. The van der Waals surface area contributed by atoms with Crippen LogP contribution in [0.15, 0.2) is 0 Å². The van der Waals surface area contributed by atoms with Gasteiger partial charge in [-0.3, -0.25) is 0 Å². The molecule has 0 aliphatic carbocycles. The average Bonchev–Trinajstić information content (AvgIpc) is 1.59. The molecule has 0 saturated carbocycles. The molecule has 0 unspecified atom stereocenters. The molecule has 3 nitrogen and oxygen atoms in total. The fourth-order valence-corrected chi connectivity index (χ4v) is 0.325. The molecule has 0 aromatic rings. The molecule has 0 rings (SSSR count). The van der Waals surface area contributed by atoms with Crippen LogP contribution in [0.5, 0.6) is 0 Å². The second kappa shape index (κ2) is 3.20. The molecule has 0 spiro atoms. The first-order valence-corrected chi connectivity index (χ1v) is 2.89. The van der Waals surface area contributed by atoms with E-state index in [1.54, 1.807) is 0 Å². The molecule has 54 valence electrons. The van der Waals surface area contributed by atoms with E-state index in [2.05, 4.69) is 4.65 Å². The zero-order chi connectivity index (χ0) is 7.49. The van der Waals surface area contributed by atoms with Crippen molar-refractivity contribution in [3.05, 3.63) is 0 Å². The first-order chi connectivity index (χ1) is 3.92. The lowest BCUT2D eigenvalue weighted by atomic mass is 9.98. The molecule has 0 amide bonds. The van der Waals surface area contributed by atoms with E-state index in [0.29, 0.717) is 6.61 Å². The Morgan fingerprint density at radius 1 is 1.33 bits per heavy atom. The molecular weight excluding hydrogens is 119 g/mol. The number of hydrogen-bond donors (Lipinski definition) is 2. The SMILES string of the molecule is CC(C)(C)COB(O)O. The summed E-state index contributed by atoms with van der Waals surface area (Å²) in [6.07, 6.45) is 0. The van der Waals surface area contributed by atoms with E-state index in [0.717, 1.165) is 0 Å². The van der Waals surface area contributed by atoms with Gasteiger partial charge in [0.25, 0.3) is 0 Å². The summed E-state index contributed by atoms with van der Waals surface area (Å²) in [6.45, 7) is 6.21. The van der Waals surface area contributed by atoms with Crippen LogP contribution >= 0.6 is 0 Å². The van der Waals surface area contributed by atoms with Crippen LogP contribution in [0.4, 0.5) is 0 Å². The van der Waals surface area contributed by atoms with Crippen molar-refractivity contribution in [3.63, 3.8) is 0 Å². The van der Waals surface area contributed by atoms with E-state index in [1.165, 1.54) is 0 Å². The van der Waals surface area contributed by atoms with Gasteiger partial charge in [-0.25, -0.2) is 0 Å². The van der Waals surface area contributed by atoms with Crippen LogP contribution in [0.2, 0.25) is 0 Å². The summed E-state index contributed by atoms with van der Waals surface area (Å²) in [7, 11) is -1.63. The third-order valence-electron chi connectivity index (χ3n) is 0.665. The van der Waals surface area contributed by atoms with Crippen LogP contribution in [0.3, 0.4) is 0 Å². The molecule has 0 heterocycles. The molecule has 0 aliphatic heterocycles. The number of rotatable bonds is 2. The Kier molecular flexibility index (Phi) is 3.18. The maximum absolute atomic E-state index is 8.25. The largest absolute Gasteiger partial charge is 0.633 e. The fraction of sp³-hybridized carbons (Fsp3) is 1.00. The molecule has 9 heavy (non-hydrogen) atoms. The second-order valence-corrected chi connectivity index (χ2v) is 3.20. The van der Waals surface area contributed by atoms with Crippen molar-refractivity contribution < 1.29 is 14.7 Å². The van der Waals surface area contributed by atoms with Gasteiger partial charge in [0.05, 0.1) is 0 Å². The highest BCUT2D eigenvalue weighted by molar-refractivity contribution is 6.32. The fourth-order valence-electron chi connectivity index (χ4n) is 0.325. The lowest BCUT2D eigenvalue weighted by Crippen LogP contribution is -2.24. The van der Waals surface area contributed by atoms with Crippen LogP contribution in [0, 0.1) is 5.41 Å². The summed E-state index contributed by atoms with van der Waals surface area (Å²) < 4.78 is 4.52. The Balaban J connectivity index is 3.28. The monoisotopic (exact) mass is 132 g/mol. The third-order valence-corrected chi connectivity index (χ3v) is 0.665. The van der Waals surface area contributed by atoms with Gasteiger partial charge < -0.3 is 14.7 Å². The summed E-state index contributed by atoms with van der Waals surface area (Å²) >= 11 is 0. The van der Waals surface area contributed by atoms with Crippen molar-refractivity contribution in [2.45, 2.75) is 20.8 Å². The van der Waals surface area contributed by atoms with Gasteiger partial charge >= 0.3 is 7.32 Å². The topological polar surface area (TPSA) is 49.7 Å². The Morgan fingerprint density at radius 2 is 1.78 bits per heavy atom. The van der Waals surface area contributed by atoms with Crippen LogP contribution in [-0.2, 0) is 4.65 Å². The maximum Gasteiger partial charge on any atom is 0.633 e. The van der Waals surface area contributed by atoms with Crippen molar-refractivity contribution in [1.82, 2.24) is 0 Å². The Hall–Kier alpha value is -0.0551. The first kappa shape index (κ1) is 8.94. The van der Waals surface area contributed by atoms with Crippen LogP contribution < -0.4 is 0 Å². The predicted octanol–water partition coefficient (Wildman–Crippen LogP) is 0.0186. The summed E-state index contributed by atoms with van der Waals surface area (Å²) in [5, 5.41) is 16.5. The third kappa shape index (κ3) is 7.94. The quantitative estimate of drug-likeness (QED) is 0.520. The van der Waals surface area contributed by atoms with Crippen LogP contribution in [0.25, 0.3) is 0 Å². The zero-order valence-electron chi connectivity index (χ0n) is 6.09. The average molecular weight is 132 g/mol. The number of hydrogen-bond acceptors (Lipinski definition) is 3. The summed E-state index contributed by atoms with van der Waals surface area (Å²) in [6, 6.07) is 0. The first-order valence-electron chi connectivity index (χ1n) is 2.89. The van der Waals surface area contributed by atoms with E-state index in [-0.39, 0.29) is 5.41 Å². The van der Waals surface area contributed by atoms with E-state index in [9.17, 15) is 0 Å². The van der Waals surface area contributed by atoms with Gasteiger partial charge in [-0.2, -0.15) is 0 Å². The summed E-state index contributed by atoms with van der Waals surface area (Å²) in [5.74, 6) is 0. The Morgan fingerprint density at radius 3 is 1.89 bits per heavy atom. The van der Waals surface area contributed by atoms with Gasteiger partial charge in [0.1, 0.15) is 0 Å². The molecule has 0 aliphatic rings. The smallest absolute Gasteiger partial charge is 0.402 e. The molecule has 0 atom stereocenters. The highest BCUT2D eigenvalue weighted by atomic mass is 16.6. The van der Waals surface area contributed by atoms with E-state index >= 15 is 0 Å². The molecular formula is C5H13BO3. The molecule has 2 N–H and O–H groups in total. The predicted molar refractivity (Wildman–Crippen MR) is 35.6 cm³/mol. The zero-order valence-corrected chi connectivity index (χ0v) is 6.09. The van der Waals surface area contributed by atoms with Gasteiger partial charge in [-0.1, -0.05) is 20.8 Å². The highest BCUT2D eigenvalue weighted by Gasteiger charge is 2.15. The molecule has 0 aromatic carbocycles. The Labute approximate surface area is 55.8 Å². The Bertz CT molecular complexity index is 76.8.